The van der Waals surface area contributed by atoms with Crippen LogP contribution in [0.3, 0.4) is 0 Å². The Kier molecular flexibility index (Phi) is 4.17. The molecule has 4 nitrogen and oxygen atoms in total. The van der Waals surface area contributed by atoms with Gasteiger partial charge < -0.3 is 14.8 Å². The molecule has 0 aliphatic heterocycles. The van der Waals surface area contributed by atoms with E-state index in [4.69, 9.17) is 9.47 Å². The normalized spacial score (nSPS) is 10.1. The van der Waals surface area contributed by atoms with Crippen LogP contribution in [0.15, 0.2) is 18.2 Å². The van der Waals surface area contributed by atoms with Crippen molar-refractivity contribution in [2.75, 3.05) is 19.5 Å². The van der Waals surface area contributed by atoms with E-state index in [0.29, 0.717) is 17.2 Å². The van der Waals surface area contributed by atoms with Crippen LogP contribution in [0.1, 0.15) is 13.8 Å². The Hall–Kier alpha value is -1.71. The first-order valence-electron chi connectivity index (χ1n) is 5.11. The zero-order chi connectivity index (χ0) is 12.1. The number of anilines is 1. The molecular weight excluding hydrogens is 206 g/mol. The molecule has 0 atom stereocenters. The summed E-state index contributed by atoms with van der Waals surface area (Å²) in [5.74, 6) is 1.18. The third-order valence-corrected chi connectivity index (χ3v) is 2.19. The Morgan fingerprint density at radius 3 is 2.44 bits per heavy atom. The van der Waals surface area contributed by atoms with Gasteiger partial charge in [0, 0.05) is 12.0 Å². The zero-order valence-electron chi connectivity index (χ0n) is 10.0. The smallest absolute Gasteiger partial charge is 0.227 e. The van der Waals surface area contributed by atoms with Crippen LogP contribution >= 0.6 is 0 Å². The van der Waals surface area contributed by atoms with E-state index in [2.05, 4.69) is 5.32 Å². The standard InChI is InChI=1S/C12H17NO3/c1-8(2)12(14)13-10-6-5-9(15-3)7-11(10)16-4/h5-8H,1-4H3,(H,13,14). The lowest BCUT2D eigenvalue weighted by molar-refractivity contribution is -0.118. The molecule has 0 unspecified atom stereocenters. The summed E-state index contributed by atoms with van der Waals surface area (Å²) in [6.07, 6.45) is 0. The molecule has 0 aromatic heterocycles. The van der Waals surface area contributed by atoms with Gasteiger partial charge in [-0.2, -0.15) is 0 Å². The predicted molar refractivity (Wildman–Crippen MR) is 63.0 cm³/mol. The SMILES string of the molecule is COc1ccc(NC(=O)C(C)C)c(OC)c1. The summed E-state index contributed by atoms with van der Waals surface area (Å²) in [5, 5.41) is 2.79. The average Bonchev–Trinajstić information content (AvgIpc) is 2.29. The fourth-order valence-corrected chi connectivity index (χ4v) is 1.18. The van der Waals surface area contributed by atoms with Gasteiger partial charge in [-0.1, -0.05) is 13.8 Å². The summed E-state index contributed by atoms with van der Waals surface area (Å²) in [6, 6.07) is 5.27. The number of ether oxygens (including phenoxy) is 2. The van der Waals surface area contributed by atoms with E-state index in [1.54, 1.807) is 32.4 Å². The number of benzene rings is 1. The first kappa shape index (κ1) is 12.4. The summed E-state index contributed by atoms with van der Waals surface area (Å²) in [4.78, 5) is 11.5. The Morgan fingerprint density at radius 2 is 1.94 bits per heavy atom. The number of carbonyl (C=O) groups is 1. The fourth-order valence-electron chi connectivity index (χ4n) is 1.18. The molecule has 16 heavy (non-hydrogen) atoms. The van der Waals surface area contributed by atoms with Gasteiger partial charge >= 0.3 is 0 Å². The maximum Gasteiger partial charge on any atom is 0.227 e. The fraction of sp³-hybridized carbons (Fsp3) is 0.417. The van der Waals surface area contributed by atoms with Crippen LogP contribution in [0.2, 0.25) is 0 Å². The third-order valence-electron chi connectivity index (χ3n) is 2.19. The van der Waals surface area contributed by atoms with Gasteiger partial charge in [-0.3, -0.25) is 4.79 Å². The highest BCUT2D eigenvalue weighted by Gasteiger charge is 2.11. The second-order valence-corrected chi connectivity index (χ2v) is 3.71. The van der Waals surface area contributed by atoms with E-state index < -0.39 is 0 Å². The van der Waals surface area contributed by atoms with Crippen LogP contribution in [0.4, 0.5) is 5.69 Å². The molecule has 0 aliphatic carbocycles. The van der Waals surface area contributed by atoms with Gasteiger partial charge in [-0.05, 0) is 12.1 Å². The van der Waals surface area contributed by atoms with Crippen LogP contribution in [0.5, 0.6) is 11.5 Å². The van der Waals surface area contributed by atoms with Crippen LogP contribution in [0.25, 0.3) is 0 Å². The number of rotatable bonds is 4. The quantitative estimate of drug-likeness (QED) is 0.852. The van der Waals surface area contributed by atoms with Gasteiger partial charge in [0.2, 0.25) is 5.91 Å². The minimum absolute atomic E-state index is 0.0385. The summed E-state index contributed by atoms with van der Waals surface area (Å²) < 4.78 is 10.2. The zero-order valence-corrected chi connectivity index (χ0v) is 10.0. The molecule has 0 spiro atoms. The second kappa shape index (κ2) is 5.39. The molecule has 4 heteroatoms. The highest BCUT2D eigenvalue weighted by Crippen LogP contribution is 2.29. The molecule has 0 saturated heterocycles. The van der Waals surface area contributed by atoms with E-state index in [-0.39, 0.29) is 11.8 Å². The molecule has 0 heterocycles. The van der Waals surface area contributed by atoms with Gasteiger partial charge in [0.1, 0.15) is 11.5 Å². The van der Waals surface area contributed by atoms with Crippen molar-refractivity contribution in [1.82, 2.24) is 0 Å². The number of hydrogen-bond acceptors (Lipinski definition) is 3. The van der Waals surface area contributed by atoms with Crippen molar-refractivity contribution in [3.63, 3.8) is 0 Å². The van der Waals surface area contributed by atoms with Crippen molar-refractivity contribution in [2.45, 2.75) is 13.8 Å². The Balaban J connectivity index is 2.91. The van der Waals surface area contributed by atoms with Gasteiger partial charge in [0.15, 0.2) is 0 Å². The minimum Gasteiger partial charge on any atom is -0.497 e. The third kappa shape index (κ3) is 2.89. The molecule has 1 amide bonds. The van der Waals surface area contributed by atoms with E-state index >= 15 is 0 Å². The number of nitrogens with one attached hydrogen (secondary N) is 1. The molecular formula is C12H17NO3. The molecule has 0 bridgehead atoms. The first-order valence-corrected chi connectivity index (χ1v) is 5.11. The largest absolute Gasteiger partial charge is 0.497 e. The second-order valence-electron chi connectivity index (χ2n) is 3.71. The van der Waals surface area contributed by atoms with Crippen molar-refractivity contribution < 1.29 is 14.3 Å². The van der Waals surface area contributed by atoms with Gasteiger partial charge in [0.05, 0.1) is 19.9 Å². The van der Waals surface area contributed by atoms with Crippen LogP contribution in [-0.4, -0.2) is 20.1 Å². The topological polar surface area (TPSA) is 47.6 Å². The summed E-state index contributed by atoms with van der Waals surface area (Å²) in [7, 11) is 3.14. The molecule has 0 radical (unpaired) electrons. The minimum atomic E-state index is -0.0631. The van der Waals surface area contributed by atoms with Gasteiger partial charge in [-0.25, -0.2) is 0 Å². The van der Waals surface area contributed by atoms with Crippen molar-refractivity contribution >= 4 is 11.6 Å². The summed E-state index contributed by atoms with van der Waals surface area (Å²) >= 11 is 0. The number of carbonyl (C=O) groups excluding carboxylic acids is 1. The van der Waals surface area contributed by atoms with E-state index in [0.717, 1.165) is 0 Å². The van der Waals surface area contributed by atoms with Crippen molar-refractivity contribution in [2.24, 2.45) is 5.92 Å². The maximum atomic E-state index is 11.5. The Bertz CT molecular complexity index is 375. The van der Waals surface area contributed by atoms with E-state index in [1.807, 2.05) is 13.8 Å². The molecule has 1 N–H and O–H groups in total. The number of hydrogen-bond donors (Lipinski definition) is 1. The first-order chi connectivity index (χ1) is 7.58. The molecule has 0 saturated carbocycles. The Morgan fingerprint density at radius 1 is 1.25 bits per heavy atom. The summed E-state index contributed by atoms with van der Waals surface area (Å²) in [6.45, 7) is 3.68. The highest BCUT2D eigenvalue weighted by atomic mass is 16.5. The lowest BCUT2D eigenvalue weighted by Gasteiger charge is -2.12. The Labute approximate surface area is 95.6 Å². The molecule has 1 rings (SSSR count). The van der Waals surface area contributed by atoms with E-state index in [9.17, 15) is 4.79 Å². The van der Waals surface area contributed by atoms with Crippen LogP contribution in [0, 0.1) is 5.92 Å². The molecule has 1 aromatic carbocycles. The van der Waals surface area contributed by atoms with Crippen molar-refractivity contribution in [3.05, 3.63) is 18.2 Å². The molecule has 88 valence electrons. The molecule has 0 fully saturated rings. The average molecular weight is 223 g/mol. The lowest BCUT2D eigenvalue weighted by atomic mass is 10.2. The van der Waals surface area contributed by atoms with Crippen LogP contribution < -0.4 is 14.8 Å². The van der Waals surface area contributed by atoms with Gasteiger partial charge in [0.25, 0.3) is 0 Å². The summed E-state index contributed by atoms with van der Waals surface area (Å²) in [5.41, 5.74) is 0.655. The predicted octanol–water partition coefficient (Wildman–Crippen LogP) is 2.30. The van der Waals surface area contributed by atoms with Crippen molar-refractivity contribution in [1.29, 1.82) is 0 Å². The molecule has 0 aliphatic rings. The molecule has 1 aromatic rings. The number of methoxy groups -OCH3 is 2. The monoisotopic (exact) mass is 223 g/mol. The number of amides is 1. The highest BCUT2D eigenvalue weighted by molar-refractivity contribution is 5.93. The van der Waals surface area contributed by atoms with E-state index in [1.165, 1.54) is 0 Å². The van der Waals surface area contributed by atoms with Crippen molar-refractivity contribution in [3.8, 4) is 11.5 Å². The maximum absolute atomic E-state index is 11.5. The van der Waals surface area contributed by atoms with Crippen LogP contribution in [-0.2, 0) is 4.79 Å². The van der Waals surface area contributed by atoms with Gasteiger partial charge in [-0.15, -0.1) is 0 Å². The lowest BCUT2D eigenvalue weighted by Crippen LogP contribution is -2.18.